The molecule has 9 nitrogen and oxygen atoms in total. The molecule has 1 aromatic carbocycles. The lowest BCUT2D eigenvalue weighted by Gasteiger charge is -2.37. The van der Waals surface area contributed by atoms with Crippen molar-refractivity contribution in [3.8, 4) is 11.5 Å². The van der Waals surface area contributed by atoms with E-state index in [1.165, 1.54) is 31.5 Å². The molecule has 0 aromatic heterocycles. The molecule has 4 atom stereocenters. The summed E-state index contributed by atoms with van der Waals surface area (Å²) >= 11 is 0. The Morgan fingerprint density at radius 1 is 1.18 bits per heavy atom. The van der Waals surface area contributed by atoms with Gasteiger partial charge >= 0.3 is 0 Å². The smallest absolute Gasteiger partial charge is 0.249 e. The SMILES string of the molecule is CC(C=O)NC(=O)C(O)Cc1ccc(O)c(O)c1.CN1CCCCC1C(=O)N1CCCC(F)C1. The highest BCUT2D eigenvalue weighted by Crippen LogP contribution is 2.25. The Morgan fingerprint density at radius 2 is 1.91 bits per heavy atom. The van der Waals surface area contributed by atoms with E-state index < -0.39 is 24.2 Å². The average molecular weight is 482 g/mol. The predicted octanol–water partition coefficient (Wildman–Crippen LogP) is 1.14. The van der Waals surface area contributed by atoms with Crippen molar-refractivity contribution in [2.45, 2.75) is 69.8 Å². The van der Waals surface area contributed by atoms with Gasteiger partial charge in [0.05, 0.1) is 18.6 Å². The number of rotatable bonds is 6. The highest BCUT2D eigenvalue weighted by molar-refractivity contribution is 5.83. The van der Waals surface area contributed by atoms with Crippen molar-refractivity contribution in [3.05, 3.63) is 23.8 Å². The number of halogens is 1. The van der Waals surface area contributed by atoms with Crippen molar-refractivity contribution in [3.63, 3.8) is 0 Å². The molecule has 0 aliphatic carbocycles. The lowest BCUT2D eigenvalue weighted by Crippen LogP contribution is -2.52. The number of phenolic OH excluding ortho intramolecular Hbond substituents is 2. The maximum atomic E-state index is 13.3. The first-order valence-electron chi connectivity index (χ1n) is 11.7. The van der Waals surface area contributed by atoms with Crippen molar-refractivity contribution in [2.24, 2.45) is 0 Å². The van der Waals surface area contributed by atoms with E-state index in [-0.39, 0.29) is 29.9 Å². The summed E-state index contributed by atoms with van der Waals surface area (Å²) in [5.74, 6) is -1.11. The van der Waals surface area contributed by atoms with Crippen LogP contribution >= 0.6 is 0 Å². The second-order valence-electron chi connectivity index (χ2n) is 8.99. The summed E-state index contributed by atoms with van der Waals surface area (Å²) in [4.78, 5) is 37.9. The third-order valence-corrected chi connectivity index (χ3v) is 6.08. The predicted molar refractivity (Wildman–Crippen MR) is 124 cm³/mol. The third kappa shape index (κ3) is 8.25. The van der Waals surface area contributed by atoms with Gasteiger partial charge in [0.2, 0.25) is 11.8 Å². The van der Waals surface area contributed by atoms with Crippen molar-refractivity contribution in [2.75, 3.05) is 26.7 Å². The number of alkyl halides is 1. The van der Waals surface area contributed by atoms with Gasteiger partial charge in [-0.3, -0.25) is 14.5 Å². The fraction of sp³-hybridized carbons (Fsp3) is 0.625. The number of phenols is 2. The molecule has 1 aromatic rings. The van der Waals surface area contributed by atoms with Crippen LogP contribution in [0.5, 0.6) is 11.5 Å². The highest BCUT2D eigenvalue weighted by atomic mass is 19.1. The van der Waals surface area contributed by atoms with Gasteiger partial charge in [0.25, 0.3) is 0 Å². The second kappa shape index (κ2) is 13.2. The normalized spacial score (nSPS) is 22.6. The minimum absolute atomic E-state index is 0.000880. The lowest BCUT2D eigenvalue weighted by molar-refractivity contribution is -0.139. The number of likely N-dealkylation sites (N-methyl/N-ethyl adjacent to an activating group) is 1. The quantitative estimate of drug-likeness (QED) is 0.354. The number of likely N-dealkylation sites (tertiary alicyclic amines) is 2. The minimum Gasteiger partial charge on any atom is -0.504 e. The Bertz CT molecular complexity index is 839. The summed E-state index contributed by atoms with van der Waals surface area (Å²) in [6.45, 7) is 3.53. The van der Waals surface area contributed by atoms with Crippen LogP contribution in [0.1, 0.15) is 44.6 Å². The number of hydrogen-bond donors (Lipinski definition) is 4. The number of nitrogens with zero attached hydrogens (tertiary/aromatic N) is 2. The first-order chi connectivity index (χ1) is 16.1. The van der Waals surface area contributed by atoms with Crippen molar-refractivity contribution < 1.29 is 34.1 Å². The van der Waals surface area contributed by atoms with Crippen LogP contribution in [-0.4, -0.2) is 94.3 Å². The number of carbonyl (C=O) groups is 3. The Hall–Kier alpha value is -2.72. The Morgan fingerprint density at radius 3 is 2.53 bits per heavy atom. The van der Waals surface area contributed by atoms with Gasteiger partial charge in [0, 0.05) is 13.0 Å². The van der Waals surface area contributed by atoms with Gasteiger partial charge in [-0.1, -0.05) is 12.5 Å². The summed E-state index contributed by atoms with van der Waals surface area (Å²) in [6.07, 6.45) is 3.04. The number of carbonyl (C=O) groups excluding carboxylic acids is 3. The van der Waals surface area contributed by atoms with Crippen molar-refractivity contribution >= 4 is 18.1 Å². The zero-order chi connectivity index (χ0) is 25.3. The van der Waals surface area contributed by atoms with Crippen LogP contribution in [0.3, 0.4) is 0 Å². The van der Waals surface area contributed by atoms with Crippen LogP contribution in [0.25, 0.3) is 0 Å². The number of nitrogens with one attached hydrogen (secondary N) is 1. The molecule has 0 spiro atoms. The van der Waals surface area contributed by atoms with Gasteiger partial charge in [-0.05, 0) is 63.9 Å². The van der Waals surface area contributed by atoms with E-state index in [1.807, 2.05) is 7.05 Å². The number of benzene rings is 1. The van der Waals surface area contributed by atoms with Gasteiger partial charge in [-0.25, -0.2) is 4.39 Å². The monoisotopic (exact) mass is 481 g/mol. The fourth-order valence-electron chi connectivity index (χ4n) is 4.09. The summed E-state index contributed by atoms with van der Waals surface area (Å²) < 4.78 is 13.3. The van der Waals surface area contributed by atoms with Crippen LogP contribution in [0, 0.1) is 0 Å². The van der Waals surface area contributed by atoms with Gasteiger partial charge in [0.1, 0.15) is 18.6 Å². The summed E-state index contributed by atoms with van der Waals surface area (Å²) in [7, 11) is 2.00. The first kappa shape index (κ1) is 27.5. The Labute approximate surface area is 199 Å². The van der Waals surface area contributed by atoms with Crippen LogP contribution in [0.2, 0.25) is 0 Å². The number of hydrogen-bond acceptors (Lipinski definition) is 7. The van der Waals surface area contributed by atoms with E-state index in [4.69, 9.17) is 5.11 Å². The van der Waals surface area contributed by atoms with E-state index >= 15 is 0 Å². The number of aliphatic hydroxyl groups is 1. The largest absolute Gasteiger partial charge is 0.504 e. The van der Waals surface area contributed by atoms with E-state index in [0.29, 0.717) is 24.8 Å². The van der Waals surface area contributed by atoms with E-state index in [2.05, 4.69) is 10.2 Å². The molecule has 4 N–H and O–H groups in total. The summed E-state index contributed by atoms with van der Waals surface area (Å²) in [5.41, 5.74) is 0.492. The molecule has 3 rings (SSSR count). The van der Waals surface area contributed by atoms with Gasteiger partial charge in [0.15, 0.2) is 11.5 Å². The van der Waals surface area contributed by atoms with Crippen LogP contribution < -0.4 is 5.32 Å². The molecule has 10 heteroatoms. The molecule has 2 saturated heterocycles. The maximum Gasteiger partial charge on any atom is 0.249 e. The molecule has 2 heterocycles. The van der Waals surface area contributed by atoms with Crippen molar-refractivity contribution in [1.82, 2.24) is 15.1 Å². The lowest BCUT2D eigenvalue weighted by atomic mass is 10.00. The van der Waals surface area contributed by atoms with Crippen LogP contribution in [0.4, 0.5) is 4.39 Å². The molecule has 4 unspecified atom stereocenters. The molecule has 0 radical (unpaired) electrons. The average Bonchev–Trinajstić information content (AvgIpc) is 2.81. The molecule has 2 aliphatic rings. The number of amides is 2. The number of aromatic hydroxyl groups is 2. The number of aliphatic hydroxyl groups excluding tert-OH is 1. The van der Waals surface area contributed by atoms with Crippen molar-refractivity contribution in [1.29, 1.82) is 0 Å². The molecule has 0 saturated carbocycles. The molecule has 2 amide bonds. The summed E-state index contributed by atoms with van der Waals surface area (Å²) in [5, 5.41) is 30.3. The molecular weight excluding hydrogens is 445 g/mol. The van der Waals surface area contributed by atoms with E-state index in [1.54, 1.807) is 4.90 Å². The maximum absolute atomic E-state index is 13.3. The minimum atomic E-state index is -1.32. The molecule has 34 heavy (non-hydrogen) atoms. The van der Waals surface area contributed by atoms with Gasteiger partial charge < -0.3 is 30.3 Å². The van der Waals surface area contributed by atoms with Crippen LogP contribution in [0.15, 0.2) is 18.2 Å². The zero-order valence-electron chi connectivity index (χ0n) is 19.8. The standard InChI is InChI=1S/C12H21FN2O.C12H15NO5/c1-14-7-3-2-6-11(14)12(16)15-8-4-5-10(13)9-15;1-7(6-14)13-12(18)11(17)5-8-2-3-9(15)10(16)4-8/h10-11H,2-9H2,1H3;2-4,6-7,11,15-17H,5H2,1H3,(H,13,18). The van der Waals surface area contributed by atoms with Gasteiger partial charge in [-0.15, -0.1) is 0 Å². The van der Waals surface area contributed by atoms with E-state index in [0.717, 1.165) is 32.4 Å². The molecule has 2 aliphatic heterocycles. The molecule has 2 fully saturated rings. The number of piperidine rings is 2. The van der Waals surface area contributed by atoms with E-state index in [9.17, 15) is 29.0 Å². The van der Waals surface area contributed by atoms with Crippen LogP contribution in [-0.2, 0) is 20.8 Å². The second-order valence-corrected chi connectivity index (χ2v) is 8.99. The topological polar surface area (TPSA) is 130 Å². The molecule has 0 bridgehead atoms. The van der Waals surface area contributed by atoms with Gasteiger partial charge in [-0.2, -0.15) is 0 Å². The Balaban J connectivity index is 0.000000241. The fourth-order valence-corrected chi connectivity index (χ4v) is 4.09. The highest BCUT2D eigenvalue weighted by Gasteiger charge is 2.32. The third-order valence-electron chi connectivity index (χ3n) is 6.08. The zero-order valence-corrected chi connectivity index (χ0v) is 19.8. The molecule has 190 valence electrons. The first-order valence-corrected chi connectivity index (χ1v) is 11.7. The summed E-state index contributed by atoms with van der Waals surface area (Å²) in [6, 6.07) is 3.34. The Kier molecular flexibility index (Phi) is 10.7. The molecular formula is C24H36FN3O6. The number of aldehydes is 1.